The van der Waals surface area contributed by atoms with Crippen LogP contribution in [0, 0.1) is 15.5 Å². The molecule has 1 unspecified atom stereocenters. The number of nitrogens with zero attached hydrogens (tertiary/aromatic N) is 1. The van der Waals surface area contributed by atoms with E-state index in [1.54, 1.807) is 18.2 Å². The number of aliphatic hydroxyl groups is 1. The van der Waals surface area contributed by atoms with Crippen molar-refractivity contribution in [2.45, 2.75) is 20.0 Å². The lowest BCUT2D eigenvalue weighted by atomic mass is 9.83. The van der Waals surface area contributed by atoms with Crippen molar-refractivity contribution in [2.24, 2.45) is 5.41 Å². The predicted molar refractivity (Wildman–Crippen MR) is 69.7 cm³/mol. The number of hydrogen-bond donors (Lipinski definition) is 1. The molecule has 1 atom stereocenters. The molecule has 0 aliphatic carbocycles. The van der Waals surface area contributed by atoms with Crippen LogP contribution in [0.4, 0.5) is 5.69 Å². The van der Waals surface area contributed by atoms with Gasteiger partial charge in [0, 0.05) is 11.5 Å². The second-order valence-corrected chi connectivity index (χ2v) is 5.25. The highest BCUT2D eigenvalue weighted by Crippen LogP contribution is 2.37. The molecule has 0 spiro atoms. The average Bonchev–Trinajstić information content (AvgIpc) is 2.28. The molecule has 0 aliphatic rings. The molecule has 1 aromatic carbocycles. The molecule has 17 heavy (non-hydrogen) atoms. The van der Waals surface area contributed by atoms with Crippen LogP contribution >= 0.6 is 15.9 Å². The van der Waals surface area contributed by atoms with Crippen LogP contribution in [0.2, 0.25) is 0 Å². The maximum Gasteiger partial charge on any atom is 0.283 e. The van der Waals surface area contributed by atoms with Gasteiger partial charge in [-0.15, -0.1) is 6.58 Å². The van der Waals surface area contributed by atoms with E-state index in [0.717, 1.165) is 0 Å². The SMILES string of the molecule is C=CC(C)(C)C(O)c1ccc(Br)c([N+](=O)[O-])c1. The standard InChI is InChI=1S/C12H14BrNO3/c1-4-12(2,3)11(15)8-5-6-9(13)10(7-8)14(16)17/h4-7,11,15H,1H2,2-3H3. The van der Waals surface area contributed by atoms with Gasteiger partial charge in [0.05, 0.1) is 15.5 Å². The number of hydrogen-bond acceptors (Lipinski definition) is 3. The van der Waals surface area contributed by atoms with Crippen LogP contribution in [0.3, 0.4) is 0 Å². The Bertz CT molecular complexity index is 457. The summed E-state index contributed by atoms with van der Waals surface area (Å²) in [5.74, 6) is 0. The van der Waals surface area contributed by atoms with Crippen molar-refractivity contribution < 1.29 is 10.0 Å². The summed E-state index contributed by atoms with van der Waals surface area (Å²) in [6, 6.07) is 4.60. The van der Waals surface area contributed by atoms with E-state index in [-0.39, 0.29) is 5.69 Å². The molecule has 0 saturated carbocycles. The Kier molecular flexibility index (Phi) is 4.06. The maximum absolute atomic E-state index is 10.8. The van der Waals surface area contributed by atoms with Gasteiger partial charge in [-0.3, -0.25) is 10.1 Å². The Labute approximate surface area is 108 Å². The number of aliphatic hydroxyl groups excluding tert-OH is 1. The zero-order chi connectivity index (χ0) is 13.2. The molecule has 92 valence electrons. The molecule has 0 saturated heterocycles. The molecule has 1 rings (SSSR count). The van der Waals surface area contributed by atoms with E-state index in [0.29, 0.717) is 10.0 Å². The van der Waals surface area contributed by atoms with Crippen LogP contribution in [-0.4, -0.2) is 10.0 Å². The van der Waals surface area contributed by atoms with Crippen molar-refractivity contribution in [1.82, 2.24) is 0 Å². The molecular formula is C12H14BrNO3. The summed E-state index contributed by atoms with van der Waals surface area (Å²) in [5.41, 5.74) is -0.0898. The fraction of sp³-hybridized carbons (Fsp3) is 0.333. The summed E-state index contributed by atoms with van der Waals surface area (Å²) in [6.07, 6.45) is 0.803. The van der Waals surface area contributed by atoms with Crippen LogP contribution in [-0.2, 0) is 0 Å². The fourth-order valence-corrected chi connectivity index (χ4v) is 1.77. The minimum Gasteiger partial charge on any atom is -0.388 e. The molecule has 0 aromatic heterocycles. The van der Waals surface area contributed by atoms with Gasteiger partial charge >= 0.3 is 0 Å². The summed E-state index contributed by atoms with van der Waals surface area (Å²) >= 11 is 3.10. The molecule has 1 N–H and O–H groups in total. The van der Waals surface area contributed by atoms with Crippen LogP contribution in [0.25, 0.3) is 0 Å². The number of halogens is 1. The molecule has 0 amide bonds. The fourth-order valence-electron chi connectivity index (χ4n) is 1.38. The highest BCUT2D eigenvalue weighted by molar-refractivity contribution is 9.10. The number of nitro groups is 1. The normalized spacial score (nSPS) is 13.2. The van der Waals surface area contributed by atoms with Gasteiger partial charge in [0.1, 0.15) is 0 Å². The molecule has 0 aliphatic heterocycles. The summed E-state index contributed by atoms with van der Waals surface area (Å²) in [5, 5.41) is 20.9. The van der Waals surface area contributed by atoms with Gasteiger partial charge in [0.15, 0.2) is 0 Å². The van der Waals surface area contributed by atoms with Gasteiger partial charge in [0.25, 0.3) is 5.69 Å². The predicted octanol–water partition coefficient (Wildman–Crippen LogP) is 3.60. The van der Waals surface area contributed by atoms with Crippen LogP contribution in [0.15, 0.2) is 35.3 Å². The highest BCUT2D eigenvalue weighted by atomic mass is 79.9. The lowest BCUT2D eigenvalue weighted by Gasteiger charge is -2.27. The van der Waals surface area contributed by atoms with Crippen molar-refractivity contribution in [3.63, 3.8) is 0 Å². The minimum absolute atomic E-state index is 0.0542. The molecule has 0 bridgehead atoms. The summed E-state index contributed by atoms with van der Waals surface area (Å²) in [4.78, 5) is 10.3. The lowest BCUT2D eigenvalue weighted by Crippen LogP contribution is -2.19. The Hall–Kier alpha value is -1.20. The first-order chi connectivity index (χ1) is 7.79. The third-order valence-corrected chi connectivity index (χ3v) is 3.38. The number of rotatable bonds is 4. The van der Waals surface area contributed by atoms with Gasteiger partial charge in [0.2, 0.25) is 0 Å². The quantitative estimate of drug-likeness (QED) is 0.525. The van der Waals surface area contributed by atoms with E-state index in [4.69, 9.17) is 0 Å². The third-order valence-electron chi connectivity index (χ3n) is 2.71. The van der Waals surface area contributed by atoms with Gasteiger partial charge in [-0.1, -0.05) is 26.0 Å². The van der Waals surface area contributed by atoms with E-state index in [2.05, 4.69) is 22.5 Å². The van der Waals surface area contributed by atoms with Gasteiger partial charge in [-0.2, -0.15) is 0 Å². The minimum atomic E-state index is -0.827. The van der Waals surface area contributed by atoms with E-state index < -0.39 is 16.4 Å². The average molecular weight is 300 g/mol. The lowest BCUT2D eigenvalue weighted by molar-refractivity contribution is -0.385. The van der Waals surface area contributed by atoms with E-state index in [9.17, 15) is 15.2 Å². The molecule has 5 heteroatoms. The monoisotopic (exact) mass is 299 g/mol. The molecule has 0 fully saturated rings. The number of nitro benzene ring substituents is 1. The van der Waals surface area contributed by atoms with Gasteiger partial charge < -0.3 is 5.11 Å². The van der Waals surface area contributed by atoms with Crippen molar-refractivity contribution in [3.05, 3.63) is 51.0 Å². The van der Waals surface area contributed by atoms with Crippen molar-refractivity contribution in [3.8, 4) is 0 Å². The zero-order valence-electron chi connectivity index (χ0n) is 9.68. The van der Waals surface area contributed by atoms with Gasteiger partial charge in [-0.25, -0.2) is 0 Å². The molecular weight excluding hydrogens is 286 g/mol. The first-order valence-electron chi connectivity index (χ1n) is 5.05. The zero-order valence-corrected chi connectivity index (χ0v) is 11.3. The molecule has 0 heterocycles. The first kappa shape index (κ1) is 13.9. The van der Waals surface area contributed by atoms with E-state index >= 15 is 0 Å². The maximum atomic E-state index is 10.8. The summed E-state index contributed by atoms with van der Waals surface area (Å²) in [6.45, 7) is 7.29. The Morgan fingerprint density at radius 3 is 2.65 bits per heavy atom. The van der Waals surface area contributed by atoms with Crippen LogP contribution < -0.4 is 0 Å². The second-order valence-electron chi connectivity index (χ2n) is 4.40. The third kappa shape index (κ3) is 2.92. The Balaban J connectivity index is 3.21. The van der Waals surface area contributed by atoms with E-state index in [1.807, 2.05) is 13.8 Å². The van der Waals surface area contributed by atoms with E-state index in [1.165, 1.54) is 6.07 Å². The van der Waals surface area contributed by atoms with Crippen LogP contribution in [0.5, 0.6) is 0 Å². The summed E-state index contributed by atoms with van der Waals surface area (Å²) in [7, 11) is 0. The largest absolute Gasteiger partial charge is 0.388 e. The van der Waals surface area contributed by atoms with Gasteiger partial charge in [-0.05, 0) is 27.6 Å². The second kappa shape index (κ2) is 4.98. The Morgan fingerprint density at radius 2 is 2.18 bits per heavy atom. The summed E-state index contributed by atoms with van der Waals surface area (Å²) < 4.78 is 0.398. The van der Waals surface area contributed by atoms with Crippen molar-refractivity contribution >= 4 is 21.6 Å². The molecule has 4 nitrogen and oxygen atoms in total. The smallest absolute Gasteiger partial charge is 0.283 e. The highest BCUT2D eigenvalue weighted by Gasteiger charge is 2.27. The molecule has 0 radical (unpaired) electrons. The van der Waals surface area contributed by atoms with Crippen LogP contribution in [0.1, 0.15) is 25.5 Å². The Morgan fingerprint density at radius 1 is 1.59 bits per heavy atom. The molecule has 1 aromatic rings. The van der Waals surface area contributed by atoms with Crippen molar-refractivity contribution in [2.75, 3.05) is 0 Å². The topological polar surface area (TPSA) is 63.4 Å². The van der Waals surface area contributed by atoms with Crippen molar-refractivity contribution in [1.29, 1.82) is 0 Å². The number of benzene rings is 1. The first-order valence-corrected chi connectivity index (χ1v) is 5.84.